The molecule has 4 aromatic rings. The molecule has 3 heterocycles. The number of amides is 2. The third-order valence-electron chi connectivity index (χ3n) is 8.51. The van der Waals surface area contributed by atoms with E-state index in [1.165, 1.54) is 31.2 Å². The molecule has 1 aliphatic heterocycles. The van der Waals surface area contributed by atoms with Crippen LogP contribution in [0.25, 0.3) is 22.5 Å². The van der Waals surface area contributed by atoms with Crippen molar-refractivity contribution in [3.8, 4) is 34.0 Å². The topological polar surface area (TPSA) is 137 Å². The maximum absolute atomic E-state index is 14.8. The first-order valence-corrected chi connectivity index (χ1v) is 15.1. The second-order valence-corrected chi connectivity index (χ2v) is 12.2. The van der Waals surface area contributed by atoms with Crippen molar-refractivity contribution in [1.82, 2.24) is 15.3 Å². The van der Waals surface area contributed by atoms with E-state index in [0.717, 1.165) is 42.5 Å². The molecule has 2 aromatic heterocycles. The van der Waals surface area contributed by atoms with Gasteiger partial charge in [0.25, 0.3) is 5.91 Å². The number of primary amides is 1. The van der Waals surface area contributed by atoms with Gasteiger partial charge in [0.05, 0.1) is 24.0 Å². The van der Waals surface area contributed by atoms with Crippen LogP contribution in [-0.4, -0.2) is 52.3 Å². The van der Waals surface area contributed by atoms with Gasteiger partial charge < -0.3 is 25.6 Å². The van der Waals surface area contributed by atoms with Crippen LogP contribution in [0.15, 0.2) is 66.7 Å². The number of nitrogens with two attached hydrogens (primary N) is 1. The lowest BCUT2D eigenvalue weighted by Crippen LogP contribution is -2.51. The SMILES string of the molecule is C[C@]1(C(N)=O)COc2c1cc([C@@](O)(CNC(=O)c1ccc(-c3cccc(C(F)(F)F)n3)c(OC3CC3)c1)C(F)(F)F)nc2-c1ccc(F)cc1. The Morgan fingerprint density at radius 2 is 1.70 bits per heavy atom. The zero-order chi connectivity index (χ0) is 36.2. The first-order valence-electron chi connectivity index (χ1n) is 15.1. The van der Waals surface area contributed by atoms with Crippen LogP contribution < -0.4 is 20.5 Å². The third kappa shape index (κ3) is 6.42. The molecule has 4 N–H and O–H groups in total. The van der Waals surface area contributed by atoms with Gasteiger partial charge in [0.15, 0.2) is 0 Å². The van der Waals surface area contributed by atoms with Crippen molar-refractivity contribution >= 4 is 11.8 Å². The monoisotopic (exact) mass is 704 g/mol. The fourth-order valence-electron chi connectivity index (χ4n) is 5.33. The molecule has 1 aliphatic carbocycles. The zero-order valence-electron chi connectivity index (χ0n) is 26.0. The molecule has 0 spiro atoms. The number of halogens is 7. The minimum atomic E-state index is -5.45. The van der Waals surface area contributed by atoms with E-state index in [1.807, 2.05) is 0 Å². The van der Waals surface area contributed by atoms with Gasteiger partial charge in [-0.3, -0.25) is 9.59 Å². The smallest absolute Gasteiger partial charge is 0.433 e. The van der Waals surface area contributed by atoms with Gasteiger partial charge in [-0.05, 0) is 80.4 Å². The van der Waals surface area contributed by atoms with E-state index in [2.05, 4.69) is 15.3 Å². The largest absolute Gasteiger partial charge is 0.490 e. The Labute approximate surface area is 279 Å². The van der Waals surface area contributed by atoms with E-state index < -0.39 is 58.9 Å². The summed E-state index contributed by atoms with van der Waals surface area (Å²) in [6.45, 7) is -0.475. The number of nitrogens with one attached hydrogen (secondary N) is 1. The van der Waals surface area contributed by atoms with Gasteiger partial charge in [-0.25, -0.2) is 14.4 Å². The van der Waals surface area contributed by atoms with Crippen molar-refractivity contribution in [1.29, 1.82) is 0 Å². The van der Waals surface area contributed by atoms with Gasteiger partial charge in [-0.15, -0.1) is 0 Å². The second-order valence-electron chi connectivity index (χ2n) is 12.2. The van der Waals surface area contributed by atoms with Crippen LogP contribution in [0, 0.1) is 5.82 Å². The summed E-state index contributed by atoms with van der Waals surface area (Å²) in [5, 5.41) is 13.4. The molecule has 0 unspecified atom stereocenters. The Hall–Kier alpha value is -5.25. The van der Waals surface area contributed by atoms with Crippen LogP contribution in [0.5, 0.6) is 11.5 Å². The van der Waals surface area contributed by atoms with Crippen LogP contribution in [0.3, 0.4) is 0 Å². The number of ether oxygens (including phenoxy) is 2. The van der Waals surface area contributed by atoms with Crippen LogP contribution in [0.1, 0.15) is 47.1 Å². The molecule has 9 nitrogen and oxygen atoms in total. The summed E-state index contributed by atoms with van der Waals surface area (Å²) in [7, 11) is 0. The number of alkyl halides is 6. The van der Waals surface area contributed by atoms with E-state index in [0.29, 0.717) is 12.8 Å². The van der Waals surface area contributed by atoms with E-state index in [-0.39, 0.29) is 57.9 Å². The third-order valence-corrected chi connectivity index (χ3v) is 8.51. The highest BCUT2D eigenvalue weighted by Gasteiger charge is 2.57. The van der Waals surface area contributed by atoms with Gasteiger partial charge in [-0.2, -0.15) is 26.3 Å². The van der Waals surface area contributed by atoms with Crippen LogP contribution in [-0.2, 0) is 22.0 Å². The number of pyridine rings is 2. The number of aliphatic hydroxyl groups is 1. The minimum Gasteiger partial charge on any atom is -0.490 e. The highest BCUT2D eigenvalue weighted by atomic mass is 19.4. The van der Waals surface area contributed by atoms with Crippen molar-refractivity contribution < 1.29 is 54.9 Å². The molecular weight excluding hydrogens is 677 g/mol. The number of benzene rings is 2. The molecule has 2 aliphatic rings. The number of carbonyl (C=O) groups excluding carboxylic acids is 2. The van der Waals surface area contributed by atoms with E-state index in [4.69, 9.17) is 15.2 Å². The first kappa shape index (κ1) is 34.6. The maximum atomic E-state index is 14.8. The maximum Gasteiger partial charge on any atom is 0.433 e. The summed E-state index contributed by atoms with van der Waals surface area (Å²) in [5.41, 5.74) is -2.53. The van der Waals surface area contributed by atoms with Gasteiger partial charge in [-0.1, -0.05) is 6.07 Å². The lowest BCUT2D eigenvalue weighted by molar-refractivity contribution is -0.265. The molecule has 2 amide bonds. The number of carbonyl (C=O) groups is 2. The lowest BCUT2D eigenvalue weighted by Gasteiger charge is -2.31. The van der Waals surface area contributed by atoms with Gasteiger partial charge in [0.1, 0.15) is 40.7 Å². The van der Waals surface area contributed by atoms with Crippen LogP contribution in [0.4, 0.5) is 30.7 Å². The number of fused-ring (bicyclic) bond motifs is 1. The van der Waals surface area contributed by atoms with Gasteiger partial charge >= 0.3 is 12.4 Å². The molecule has 0 radical (unpaired) electrons. The van der Waals surface area contributed by atoms with E-state index in [1.54, 1.807) is 0 Å². The Kier molecular flexibility index (Phi) is 8.49. The van der Waals surface area contributed by atoms with E-state index in [9.17, 15) is 45.4 Å². The van der Waals surface area contributed by atoms with Crippen molar-refractivity contribution in [2.45, 2.75) is 49.2 Å². The fraction of sp³-hybridized carbons (Fsp3) is 0.294. The molecule has 2 atom stereocenters. The molecule has 1 fully saturated rings. The molecule has 6 rings (SSSR count). The Balaban J connectivity index is 1.36. The number of nitrogens with zero attached hydrogens (tertiary/aromatic N) is 2. The summed E-state index contributed by atoms with van der Waals surface area (Å²) in [4.78, 5) is 33.5. The Morgan fingerprint density at radius 1 is 1.00 bits per heavy atom. The first-order chi connectivity index (χ1) is 23.4. The van der Waals surface area contributed by atoms with Gasteiger partial charge in [0, 0.05) is 22.3 Å². The summed E-state index contributed by atoms with van der Waals surface area (Å²) >= 11 is 0. The predicted octanol–water partition coefficient (Wildman–Crippen LogP) is 5.83. The summed E-state index contributed by atoms with van der Waals surface area (Å²) in [6.07, 6.45) is -9.20. The standard InChI is InChI=1S/C34H27F7N4O5/c1-31(30(42)47)16-49-28-22(31)14-26(45-27(28)17-5-8-19(35)9-6-17)32(48,34(39,40)41)15-43-29(46)18-7-12-21(24(13-18)50-20-10-11-20)23-3-2-4-25(44-23)33(36,37)38/h2-9,12-14,20,48H,10-11,15-16H2,1H3,(H2,42,47)(H,43,46)/t31-,32-/m0/s1. The fourth-order valence-corrected chi connectivity index (χ4v) is 5.33. The predicted molar refractivity (Wildman–Crippen MR) is 162 cm³/mol. The van der Waals surface area contributed by atoms with Crippen LogP contribution in [0.2, 0.25) is 0 Å². The van der Waals surface area contributed by atoms with Crippen molar-refractivity contribution in [3.05, 3.63) is 95.1 Å². The van der Waals surface area contributed by atoms with Crippen LogP contribution >= 0.6 is 0 Å². The van der Waals surface area contributed by atoms with Gasteiger partial charge in [0.2, 0.25) is 11.5 Å². The zero-order valence-corrected chi connectivity index (χ0v) is 26.0. The number of rotatable bonds is 9. The van der Waals surface area contributed by atoms with Crippen molar-refractivity contribution in [2.75, 3.05) is 13.2 Å². The molecule has 0 saturated heterocycles. The molecular formula is C34H27F7N4O5. The van der Waals surface area contributed by atoms with Crippen molar-refractivity contribution in [3.63, 3.8) is 0 Å². The summed E-state index contributed by atoms with van der Waals surface area (Å²) in [6, 6.07) is 12.2. The molecule has 1 saturated carbocycles. The molecule has 50 heavy (non-hydrogen) atoms. The highest BCUT2D eigenvalue weighted by Crippen LogP contribution is 2.48. The quantitative estimate of drug-likeness (QED) is 0.187. The second kappa shape index (κ2) is 12.3. The summed E-state index contributed by atoms with van der Waals surface area (Å²) in [5.74, 6) is -2.79. The average molecular weight is 705 g/mol. The molecule has 16 heteroatoms. The minimum absolute atomic E-state index is 0.0203. The molecule has 0 bridgehead atoms. The number of hydrogen-bond donors (Lipinski definition) is 3. The average Bonchev–Trinajstić information content (AvgIpc) is 3.82. The summed E-state index contributed by atoms with van der Waals surface area (Å²) < 4.78 is 110. The number of aromatic nitrogens is 2. The Morgan fingerprint density at radius 3 is 2.32 bits per heavy atom. The molecule has 262 valence electrons. The normalized spacial score (nSPS) is 18.5. The lowest BCUT2D eigenvalue weighted by atomic mass is 9.81. The van der Waals surface area contributed by atoms with E-state index >= 15 is 0 Å². The number of hydrogen-bond acceptors (Lipinski definition) is 7. The van der Waals surface area contributed by atoms with Crippen molar-refractivity contribution in [2.24, 2.45) is 5.73 Å². The highest BCUT2D eigenvalue weighted by molar-refractivity contribution is 5.95. The molecule has 2 aromatic carbocycles. The Bertz CT molecular complexity index is 1980.